The van der Waals surface area contributed by atoms with Crippen molar-refractivity contribution in [3.63, 3.8) is 0 Å². The van der Waals surface area contributed by atoms with Crippen molar-refractivity contribution in [3.8, 4) is 0 Å². The van der Waals surface area contributed by atoms with Crippen LogP contribution in [0.15, 0.2) is 0 Å². The smallest absolute Gasteiger partial charge is 0.306 e. The second kappa shape index (κ2) is 29.9. The van der Waals surface area contributed by atoms with Gasteiger partial charge in [-0.05, 0) is 58.0 Å². The summed E-state index contributed by atoms with van der Waals surface area (Å²) in [6, 6.07) is 0. The van der Waals surface area contributed by atoms with E-state index in [4.69, 9.17) is 4.74 Å². The van der Waals surface area contributed by atoms with E-state index in [1.807, 2.05) is 0 Å². The van der Waals surface area contributed by atoms with Crippen molar-refractivity contribution < 1.29 is 14.6 Å². The van der Waals surface area contributed by atoms with E-state index in [1.165, 1.54) is 122 Å². The molecule has 0 bridgehead atoms. The van der Waals surface area contributed by atoms with Crippen LogP contribution in [0, 0.1) is 0 Å². The van der Waals surface area contributed by atoms with E-state index in [9.17, 15) is 9.90 Å². The van der Waals surface area contributed by atoms with E-state index in [2.05, 4.69) is 25.7 Å². The van der Waals surface area contributed by atoms with Gasteiger partial charge < -0.3 is 14.7 Å². The number of hydrogen-bond donors (Lipinski definition) is 1. The zero-order valence-electron chi connectivity index (χ0n) is 25.6. The third-order valence-electron chi connectivity index (χ3n) is 7.66. The molecule has 0 aliphatic rings. The lowest BCUT2D eigenvalue weighted by atomic mass is 10.0. The topological polar surface area (TPSA) is 49.8 Å². The van der Waals surface area contributed by atoms with Gasteiger partial charge in [-0.3, -0.25) is 4.79 Å². The molecule has 0 radical (unpaired) electrons. The summed E-state index contributed by atoms with van der Waals surface area (Å²) < 4.78 is 5.98. The first-order chi connectivity index (χ1) is 18.2. The summed E-state index contributed by atoms with van der Waals surface area (Å²) in [5.41, 5.74) is 0. The number of unbranched alkanes of at least 4 members (excludes halogenated alkanes) is 17. The molecule has 4 nitrogen and oxygen atoms in total. The quantitative estimate of drug-likeness (QED) is 0.0749. The Hall–Kier alpha value is -0.610. The molecule has 4 heteroatoms. The van der Waals surface area contributed by atoms with Crippen LogP contribution in [0.4, 0.5) is 0 Å². The molecule has 0 fully saturated rings. The normalized spacial score (nSPS) is 11.6. The van der Waals surface area contributed by atoms with Gasteiger partial charge in [-0.2, -0.15) is 0 Å². The van der Waals surface area contributed by atoms with Crippen LogP contribution in [0.5, 0.6) is 0 Å². The second-order valence-corrected chi connectivity index (χ2v) is 11.4. The molecule has 0 aliphatic heterocycles. The highest BCUT2D eigenvalue weighted by molar-refractivity contribution is 5.69. The van der Waals surface area contributed by atoms with Crippen LogP contribution in [-0.4, -0.2) is 48.3 Å². The van der Waals surface area contributed by atoms with Gasteiger partial charge >= 0.3 is 5.97 Å². The fourth-order valence-corrected chi connectivity index (χ4v) is 5.19. The lowest BCUT2D eigenvalue weighted by Gasteiger charge is -2.21. The Morgan fingerprint density at radius 2 is 0.973 bits per heavy atom. The number of aliphatic hydroxyl groups is 1. The summed E-state index contributed by atoms with van der Waals surface area (Å²) >= 11 is 0. The van der Waals surface area contributed by atoms with Crippen LogP contribution >= 0.6 is 0 Å². The Labute approximate surface area is 232 Å². The molecule has 0 aliphatic carbocycles. The minimum atomic E-state index is 0.0307. The maximum atomic E-state index is 12.5. The first kappa shape index (κ1) is 36.4. The number of hydrogen-bond acceptors (Lipinski definition) is 4. The maximum absolute atomic E-state index is 12.5. The van der Waals surface area contributed by atoms with Crippen molar-refractivity contribution in [2.75, 3.05) is 26.2 Å². The molecule has 0 aromatic rings. The largest absolute Gasteiger partial charge is 0.462 e. The molecule has 0 atom stereocenters. The number of rotatable bonds is 30. The number of nitrogens with zero attached hydrogens (tertiary/aromatic N) is 1. The molecule has 0 aromatic carbocycles. The summed E-state index contributed by atoms with van der Waals surface area (Å²) in [5, 5.41) is 9.32. The fourth-order valence-electron chi connectivity index (χ4n) is 5.19. The molecule has 0 amide bonds. The fraction of sp³-hybridized carbons (Fsp3) is 0.970. The van der Waals surface area contributed by atoms with Gasteiger partial charge in [0.2, 0.25) is 0 Å². The van der Waals surface area contributed by atoms with Crippen LogP contribution in [-0.2, 0) is 9.53 Å². The predicted octanol–water partition coefficient (Wildman–Crippen LogP) is 9.61. The molecule has 0 spiro atoms. The summed E-state index contributed by atoms with van der Waals surface area (Å²) in [7, 11) is 0. The predicted molar refractivity (Wildman–Crippen MR) is 161 cm³/mol. The molecule has 0 saturated heterocycles. The van der Waals surface area contributed by atoms with Gasteiger partial charge in [0.15, 0.2) is 0 Å². The third kappa shape index (κ3) is 26.8. The van der Waals surface area contributed by atoms with E-state index < -0.39 is 0 Å². The summed E-state index contributed by atoms with van der Waals surface area (Å²) in [6.45, 7) is 10.0. The number of esters is 1. The molecule has 0 unspecified atom stereocenters. The zero-order chi connectivity index (χ0) is 27.2. The van der Waals surface area contributed by atoms with Crippen molar-refractivity contribution in [3.05, 3.63) is 0 Å². The summed E-state index contributed by atoms with van der Waals surface area (Å²) in [4.78, 5) is 15.0. The Morgan fingerprint density at radius 1 is 0.568 bits per heavy atom. The van der Waals surface area contributed by atoms with Gasteiger partial charge in [-0.15, -0.1) is 0 Å². The second-order valence-electron chi connectivity index (χ2n) is 11.4. The lowest BCUT2D eigenvalue weighted by molar-refractivity contribution is -0.150. The highest BCUT2D eigenvalue weighted by Gasteiger charge is 2.14. The first-order valence-electron chi connectivity index (χ1n) is 16.7. The Balaban J connectivity index is 4.05. The average molecular weight is 526 g/mol. The van der Waals surface area contributed by atoms with Crippen molar-refractivity contribution in [1.82, 2.24) is 4.90 Å². The zero-order valence-corrected chi connectivity index (χ0v) is 25.6. The van der Waals surface area contributed by atoms with E-state index in [-0.39, 0.29) is 18.7 Å². The van der Waals surface area contributed by atoms with Gasteiger partial charge in [0.25, 0.3) is 0 Å². The molecule has 0 heterocycles. The van der Waals surface area contributed by atoms with Crippen molar-refractivity contribution >= 4 is 5.97 Å². The van der Waals surface area contributed by atoms with Crippen molar-refractivity contribution in [1.29, 1.82) is 0 Å². The van der Waals surface area contributed by atoms with Crippen LogP contribution in [0.3, 0.4) is 0 Å². The SMILES string of the molecule is CCCCCCCCC(CCCCCCCC)OC(=O)CCCCCCCN(CCO)CCCCCC. The summed E-state index contributed by atoms with van der Waals surface area (Å²) in [6.07, 6.45) is 29.2. The monoisotopic (exact) mass is 526 g/mol. The standard InChI is InChI=1S/C33H67NO3/c1-4-7-10-13-16-20-25-32(26-21-17-14-11-8-5-2)37-33(36)27-22-18-15-19-24-29-34(30-31-35)28-23-12-9-6-3/h32,35H,4-31H2,1-3H3. The van der Waals surface area contributed by atoms with E-state index in [1.54, 1.807) is 0 Å². The summed E-state index contributed by atoms with van der Waals surface area (Å²) in [5.74, 6) is 0.0307. The number of ether oxygens (including phenoxy) is 1. The van der Waals surface area contributed by atoms with Crippen molar-refractivity contribution in [2.24, 2.45) is 0 Å². The molecular weight excluding hydrogens is 458 g/mol. The molecule has 0 aromatic heterocycles. The van der Waals surface area contributed by atoms with Gasteiger partial charge in [0, 0.05) is 13.0 Å². The Morgan fingerprint density at radius 3 is 1.46 bits per heavy atom. The highest BCUT2D eigenvalue weighted by Crippen LogP contribution is 2.18. The van der Waals surface area contributed by atoms with Crippen molar-refractivity contribution in [2.45, 2.75) is 181 Å². The van der Waals surface area contributed by atoms with Gasteiger partial charge in [0.05, 0.1) is 6.61 Å². The molecule has 1 N–H and O–H groups in total. The van der Waals surface area contributed by atoms with Gasteiger partial charge in [-0.1, -0.05) is 124 Å². The number of carbonyl (C=O) groups excluding carboxylic acids is 1. The molecule has 0 rings (SSSR count). The molecule has 222 valence electrons. The van der Waals surface area contributed by atoms with Gasteiger partial charge in [-0.25, -0.2) is 0 Å². The third-order valence-corrected chi connectivity index (χ3v) is 7.66. The molecular formula is C33H67NO3. The number of aliphatic hydroxyl groups excluding tert-OH is 1. The van der Waals surface area contributed by atoms with Crippen LogP contribution in [0.25, 0.3) is 0 Å². The van der Waals surface area contributed by atoms with E-state index in [0.29, 0.717) is 6.42 Å². The minimum Gasteiger partial charge on any atom is -0.462 e. The van der Waals surface area contributed by atoms with E-state index in [0.717, 1.165) is 45.3 Å². The first-order valence-corrected chi connectivity index (χ1v) is 16.7. The molecule has 0 saturated carbocycles. The maximum Gasteiger partial charge on any atom is 0.306 e. The van der Waals surface area contributed by atoms with Gasteiger partial charge in [0.1, 0.15) is 6.10 Å². The highest BCUT2D eigenvalue weighted by atomic mass is 16.5. The van der Waals surface area contributed by atoms with Crippen LogP contribution in [0.2, 0.25) is 0 Å². The Bertz CT molecular complexity index is 441. The van der Waals surface area contributed by atoms with Crippen LogP contribution in [0.1, 0.15) is 175 Å². The minimum absolute atomic E-state index is 0.0307. The lowest BCUT2D eigenvalue weighted by Crippen LogP contribution is -2.29. The Kier molecular flexibility index (Phi) is 29.4. The molecule has 37 heavy (non-hydrogen) atoms. The average Bonchev–Trinajstić information content (AvgIpc) is 2.89. The van der Waals surface area contributed by atoms with E-state index >= 15 is 0 Å². The van der Waals surface area contributed by atoms with Crippen LogP contribution < -0.4 is 0 Å². The number of carbonyl (C=O) groups is 1.